The Morgan fingerprint density at radius 1 is 0.840 bits per heavy atom. The zero-order valence-corrected chi connectivity index (χ0v) is 18.1. The second kappa shape index (κ2) is 9.83. The first-order valence-corrected chi connectivity index (χ1v) is 8.13. The zero-order valence-electron chi connectivity index (χ0n) is 15.1. The Kier molecular flexibility index (Phi) is 9.54. The van der Waals surface area contributed by atoms with Crippen LogP contribution in [-0.4, -0.2) is 5.11 Å². The van der Waals surface area contributed by atoms with Crippen LogP contribution in [0.25, 0.3) is 6.08 Å². The molecule has 2 aromatic carbocycles. The molecule has 0 saturated carbocycles. The number of phenolic OH excluding ortho intramolecular Hbond substituents is 1. The maximum atomic E-state index is 10.8. The van der Waals surface area contributed by atoms with E-state index in [1.807, 2.05) is 0 Å². The summed E-state index contributed by atoms with van der Waals surface area (Å²) in [6.07, 6.45) is 4.44. The van der Waals surface area contributed by atoms with Crippen LogP contribution in [0.2, 0.25) is 0 Å². The molecule has 1 atom stereocenters. The summed E-state index contributed by atoms with van der Waals surface area (Å²) in [5, 5.41) is 10.8. The third kappa shape index (κ3) is 4.52. The van der Waals surface area contributed by atoms with Crippen LogP contribution < -0.4 is 24.8 Å². The van der Waals surface area contributed by atoms with Gasteiger partial charge in [-0.3, -0.25) is 0 Å². The van der Waals surface area contributed by atoms with Gasteiger partial charge in [-0.1, -0.05) is 76.2 Å². The molecular formula is C21H24Cl2OTi. The predicted octanol–water partition coefficient (Wildman–Crippen LogP) is -0.197. The third-order valence-electron chi connectivity index (χ3n) is 4.62. The number of allylic oxidation sites excluding steroid dienone is 1. The minimum atomic E-state index is 0. The molecule has 25 heavy (non-hydrogen) atoms. The molecular weight excluding hydrogens is 387 g/mol. The van der Waals surface area contributed by atoms with Crippen molar-refractivity contribution in [2.75, 3.05) is 0 Å². The van der Waals surface area contributed by atoms with Gasteiger partial charge in [0, 0.05) is 11.5 Å². The molecule has 1 unspecified atom stereocenters. The number of phenols is 1. The first-order valence-electron chi connectivity index (χ1n) is 8.13. The fraction of sp³-hybridized carbons (Fsp3) is 0.333. The summed E-state index contributed by atoms with van der Waals surface area (Å²) >= 11 is 0. The van der Waals surface area contributed by atoms with Crippen LogP contribution >= 0.6 is 0 Å². The number of halogens is 2. The Morgan fingerprint density at radius 2 is 1.48 bits per heavy atom. The molecule has 132 valence electrons. The molecule has 0 aromatic heterocycles. The van der Waals surface area contributed by atoms with Crippen LogP contribution in [0.15, 0.2) is 42.5 Å². The monoisotopic (exact) mass is 410 g/mol. The van der Waals surface area contributed by atoms with Gasteiger partial charge in [-0.05, 0) is 34.1 Å². The van der Waals surface area contributed by atoms with Crippen molar-refractivity contribution in [3.8, 4) is 5.75 Å². The average Bonchev–Trinajstić information content (AvgIpc) is 2.89. The van der Waals surface area contributed by atoms with E-state index in [1.54, 1.807) is 0 Å². The van der Waals surface area contributed by atoms with Gasteiger partial charge in [0.25, 0.3) is 0 Å². The Hall–Kier alpha value is -0.726. The van der Waals surface area contributed by atoms with E-state index in [2.05, 4.69) is 76.2 Å². The molecule has 0 saturated heterocycles. The van der Waals surface area contributed by atoms with Crippen molar-refractivity contribution >= 4 is 6.08 Å². The number of hydrogen-bond donors (Lipinski definition) is 1. The second-order valence-electron chi connectivity index (χ2n) is 6.78. The quantitative estimate of drug-likeness (QED) is 0.695. The van der Waals surface area contributed by atoms with E-state index in [1.165, 1.54) is 16.7 Å². The molecule has 1 aliphatic carbocycles. The number of benzene rings is 2. The van der Waals surface area contributed by atoms with Crippen molar-refractivity contribution in [1.29, 1.82) is 0 Å². The van der Waals surface area contributed by atoms with E-state index >= 15 is 0 Å². The standard InChI is InChI=1S/C21H24O.2ClH.Ti/c1-13(2)16-11-12-19(20(14(3)4)21(16)22)18-10-9-15-7-5-6-8-17(15)18;;;/h5-14,18,22H,1-4H3;2*1H;/q;;;+2/p-2. The van der Waals surface area contributed by atoms with E-state index in [4.69, 9.17) is 0 Å². The van der Waals surface area contributed by atoms with E-state index in [-0.39, 0.29) is 52.4 Å². The summed E-state index contributed by atoms with van der Waals surface area (Å²) in [5.74, 6) is 1.37. The number of aromatic hydroxyl groups is 1. The van der Waals surface area contributed by atoms with Gasteiger partial charge in [-0.25, -0.2) is 0 Å². The fourth-order valence-electron chi connectivity index (χ4n) is 3.51. The van der Waals surface area contributed by atoms with Gasteiger partial charge in [0.2, 0.25) is 0 Å². The normalized spacial score (nSPS) is 14.6. The van der Waals surface area contributed by atoms with Gasteiger partial charge in [0.05, 0.1) is 0 Å². The molecule has 0 fully saturated rings. The van der Waals surface area contributed by atoms with Gasteiger partial charge in [0.15, 0.2) is 0 Å². The largest absolute Gasteiger partial charge is 2.00 e. The predicted molar refractivity (Wildman–Crippen MR) is 93.6 cm³/mol. The van der Waals surface area contributed by atoms with Crippen LogP contribution in [-0.2, 0) is 21.7 Å². The van der Waals surface area contributed by atoms with E-state index in [0.717, 1.165) is 11.1 Å². The molecule has 1 N–H and O–H groups in total. The molecule has 0 spiro atoms. The fourth-order valence-corrected chi connectivity index (χ4v) is 3.51. The van der Waals surface area contributed by atoms with Crippen LogP contribution in [0.5, 0.6) is 5.75 Å². The SMILES string of the molecule is CC(C)c1ccc(C2C=Cc3ccccc32)c(C(C)C)c1O.[Cl-].[Cl-].[Ti+2]. The minimum absolute atomic E-state index is 0. The molecule has 0 bridgehead atoms. The smallest absolute Gasteiger partial charge is 1.00 e. The van der Waals surface area contributed by atoms with Crippen molar-refractivity contribution in [3.63, 3.8) is 0 Å². The maximum Gasteiger partial charge on any atom is 2.00 e. The summed E-state index contributed by atoms with van der Waals surface area (Å²) in [4.78, 5) is 0. The van der Waals surface area contributed by atoms with Gasteiger partial charge in [0.1, 0.15) is 5.75 Å². The molecule has 3 rings (SSSR count). The van der Waals surface area contributed by atoms with E-state index < -0.39 is 0 Å². The molecule has 0 heterocycles. The van der Waals surface area contributed by atoms with Gasteiger partial charge in [-0.2, -0.15) is 0 Å². The molecule has 1 nitrogen and oxygen atoms in total. The average molecular weight is 411 g/mol. The summed E-state index contributed by atoms with van der Waals surface area (Å²) < 4.78 is 0. The van der Waals surface area contributed by atoms with Crippen LogP contribution in [0, 0.1) is 0 Å². The van der Waals surface area contributed by atoms with Crippen molar-refractivity contribution < 1.29 is 51.6 Å². The van der Waals surface area contributed by atoms with Gasteiger partial charge < -0.3 is 29.9 Å². The van der Waals surface area contributed by atoms with Crippen molar-refractivity contribution in [2.24, 2.45) is 0 Å². The molecule has 0 aliphatic heterocycles. The molecule has 1 aliphatic rings. The number of fused-ring (bicyclic) bond motifs is 1. The summed E-state index contributed by atoms with van der Waals surface area (Å²) in [5.41, 5.74) is 5.99. The van der Waals surface area contributed by atoms with Gasteiger partial charge in [-0.15, -0.1) is 0 Å². The van der Waals surface area contributed by atoms with Crippen LogP contribution in [0.4, 0.5) is 0 Å². The molecule has 0 radical (unpaired) electrons. The summed E-state index contributed by atoms with van der Waals surface area (Å²) in [7, 11) is 0. The Morgan fingerprint density at radius 3 is 2.08 bits per heavy atom. The summed E-state index contributed by atoms with van der Waals surface area (Å²) in [6, 6.07) is 12.8. The first-order chi connectivity index (χ1) is 10.5. The molecule has 0 amide bonds. The van der Waals surface area contributed by atoms with Gasteiger partial charge >= 0.3 is 21.7 Å². The van der Waals surface area contributed by atoms with Crippen LogP contribution in [0.1, 0.15) is 73.3 Å². The minimum Gasteiger partial charge on any atom is -1.00 e. The van der Waals surface area contributed by atoms with Crippen molar-refractivity contribution in [1.82, 2.24) is 0 Å². The zero-order chi connectivity index (χ0) is 15.9. The Labute approximate surface area is 178 Å². The van der Waals surface area contributed by atoms with Crippen molar-refractivity contribution in [2.45, 2.75) is 45.4 Å². The Balaban J connectivity index is 0.00000192. The first kappa shape index (κ1) is 24.3. The maximum absolute atomic E-state index is 10.8. The third-order valence-corrected chi connectivity index (χ3v) is 4.62. The second-order valence-corrected chi connectivity index (χ2v) is 6.78. The topological polar surface area (TPSA) is 20.2 Å². The number of rotatable bonds is 3. The Bertz CT molecular complexity index is 739. The molecule has 2 aromatic rings. The van der Waals surface area contributed by atoms with Crippen molar-refractivity contribution in [3.05, 3.63) is 70.3 Å². The summed E-state index contributed by atoms with van der Waals surface area (Å²) in [6.45, 7) is 8.58. The number of hydrogen-bond acceptors (Lipinski definition) is 1. The van der Waals surface area contributed by atoms with E-state index in [0.29, 0.717) is 17.6 Å². The van der Waals surface area contributed by atoms with E-state index in [9.17, 15) is 5.11 Å². The molecule has 4 heteroatoms. The van der Waals surface area contributed by atoms with Crippen LogP contribution in [0.3, 0.4) is 0 Å².